The van der Waals surface area contributed by atoms with E-state index in [4.69, 9.17) is 35.4 Å². The number of hydrogen-bond donors (Lipinski definition) is 1. The van der Waals surface area contributed by atoms with Gasteiger partial charge in [0.05, 0.1) is 10.0 Å². The zero-order valence-corrected chi connectivity index (χ0v) is 10.9. The van der Waals surface area contributed by atoms with Crippen LogP contribution in [0.2, 0.25) is 10.0 Å². The fourth-order valence-electron chi connectivity index (χ4n) is 1.000. The molecule has 1 N–H and O–H groups in total. The zero-order valence-electron chi connectivity index (χ0n) is 7.78. The highest BCUT2D eigenvalue weighted by atomic mass is 35.5. The fraction of sp³-hybridized carbons (Fsp3) is 0. The van der Waals surface area contributed by atoms with Crippen LogP contribution in [0.5, 0.6) is 0 Å². The van der Waals surface area contributed by atoms with Gasteiger partial charge in [-0.2, -0.15) is 0 Å². The van der Waals surface area contributed by atoms with E-state index in [9.17, 15) is 0 Å². The third kappa shape index (κ3) is 2.89. The molecule has 0 aliphatic heterocycles. The topological polar surface area (TPSA) is 41.0 Å². The molecular weight excluding hydrogens is 285 g/mol. The Hall–Kier alpha value is -0.750. The fourth-order valence-corrected chi connectivity index (χ4v) is 2.03. The molecule has 0 atom stereocenters. The summed E-state index contributed by atoms with van der Waals surface area (Å²) >= 11 is 17.9. The van der Waals surface area contributed by atoms with Crippen LogP contribution in [-0.4, -0.2) is 16.4 Å². The van der Waals surface area contributed by atoms with E-state index in [1.165, 1.54) is 11.3 Å². The number of aliphatic imine (C=N–C) groups is 1. The number of aromatic nitrogens is 2. The standard InChI is InChI=1S/C9H5Cl2N3S2/c10-6-2-1-5(3-7(6)11)4-12-8-13-14-9(15)16-8/h1-4H,(H,14,15)/b12-4+. The van der Waals surface area contributed by atoms with Gasteiger partial charge in [-0.25, -0.2) is 4.99 Å². The van der Waals surface area contributed by atoms with Crippen molar-refractivity contribution in [1.29, 1.82) is 0 Å². The predicted molar refractivity (Wildman–Crippen MR) is 71.0 cm³/mol. The molecular formula is C9H5Cl2N3S2. The van der Waals surface area contributed by atoms with Gasteiger partial charge in [-0.05, 0) is 29.9 Å². The summed E-state index contributed by atoms with van der Waals surface area (Å²) in [6, 6.07) is 5.28. The summed E-state index contributed by atoms with van der Waals surface area (Å²) in [7, 11) is 0. The second-order valence-electron chi connectivity index (χ2n) is 2.83. The lowest BCUT2D eigenvalue weighted by molar-refractivity contribution is 1.07. The largest absolute Gasteiger partial charge is 0.256 e. The van der Waals surface area contributed by atoms with E-state index in [-0.39, 0.29) is 0 Å². The highest BCUT2D eigenvalue weighted by Gasteiger charge is 1.98. The maximum Gasteiger partial charge on any atom is 0.230 e. The Bertz CT molecular complexity index is 588. The van der Waals surface area contributed by atoms with Crippen LogP contribution in [0, 0.1) is 3.95 Å². The number of aromatic amines is 1. The monoisotopic (exact) mass is 289 g/mol. The molecule has 7 heteroatoms. The van der Waals surface area contributed by atoms with Gasteiger partial charge in [-0.3, -0.25) is 5.10 Å². The molecule has 0 unspecified atom stereocenters. The van der Waals surface area contributed by atoms with Crippen LogP contribution < -0.4 is 0 Å². The minimum atomic E-state index is 0.500. The predicted octanol–water partition coefficient (Wildman–Crippen LogP) is 4.26. The Morgan fingerprint density at radius 3 is 2.81 bits per heavy atom. The van der Waals surface area contributed by atoms with Crippen LogP contribution >= 0.6 is 46.8 Å². The van der Waals surface area contributed by atoms with Crippen molar-refractivity contribution in [2.75, 3.05) is 0 Å². The van der Waals surface area contributed by atoms with E-state index in [0.29, 0.717) is 19.1 Å². The van der Waals surface area contributed by atoms with Crippen molar-refractivity contribution in [1.82, 2.24) is 10.2 Å². The molecule has 2 aromatic rings. The molecule has 3 nitrogen and oxygen atoms in total. The van der Waals surface area contributed by atoms with Crippen LogP contribution in [0.15, 0.2) is 23.2 Å². The van der Waals surface area contributed by atoms with E-state index in [1.54, 1.807) is 18.3 Å². The van der Waals surface area contributed by atoms with E-state index in [1.807, 2.05) is 6.07 Å². The number of H-pyrrole nitrogens is 1. The quantitative estimate of drug-likeness (QED) is 0.663. The van der Waals surface area contributed by atoms with Crippen molar-refractivity contribution >= 4 is 58.1 Å². The average Bonchev–Trinajstić information content (AvgIpc) is 2.66. The normalized spacial score (nSPS) is 11.1. The molecule has 1 aromatic heterocycles. The first-order valence-corrected chi connectivity index (χ1v) is 6.18. The van der Waals surface area contributed by atoms with Crippen LogP contribution in [0.1, 0.15) is 5.56 Å². The van der Waals surface area contributed by atoms with Gasteiger partial charge in [0.1, 0.15) is 0 Å². The van der Waals surface area contributed by atoms with Crippen LogP contribution in [0.3, 0.4) is 0 Å². The van der Waals surface area contributed by atoms with Gasteiger partial charge in [0, 0.05) is 6.21 Å². The number of benzene rings is 1. The Labute approximate surface area is 111 Å². The number of nitrogens with zero attached hydrogens (tertiary/aromatic N) is 2. The lowest BCUT2D eigenvalue weighted by Crippen LogP contribution is -1.80. The average molecular weight is 290 g/mol. The van der Waals surface area contributed by atoms with Crippen LogP contribution in [-0.2, 0) is 0 Å². The maximum atomic E-state index is 5.87. The van der Waals surface area contributed by atoms with E-state index >= 15 is 0 Å². The highest BCUT2D eigenvalue weighted by Crippen LogP contribution is 2.22. The van der Waals surface area contributed by atoms with E-state index in [0.717, 1.165) is 5.56 Å². The Morgan fingerprint density at radius 2 is 2.19 bits per heavy atom. The molecule has 0 fully saturated rings. The summed E-state index contributed by atoms with van der Waals surface area (Å²) in [5.74, 6) is 0. The summed E-state index contributed by atoms with van der Waals surface area (Å²) < 4.78 is 0.598. The first-order valence-electron chi connectivity index (χ1n) is 4.20. The minimum absolute atomic E-state index is 0.500. The van der Waals surface area contributed by atoms with Crippen molar-refractivity contribution in [2.24, 2.45) is 4.99 Å². The van der Waals surface area contributed by atoms with Gasteiger partial charge < -0.3 is 0 Å². The van der Waals surface area contributed by atoms with Gasteiger partial charge in [0.25, 0.3) is 0 Å². The smallest absolute Gasteiger partial charge is 0.230 e. The molecule has 1 heterocycles. The van der Waals surface area contributed by atoms with E-state index < -0.39 is 0 Å². The summed E-state index contributed by atoms with van der Waals surface area (Å²) in [5.41, 5.74) is 0.857. The lowest BCUT2D eigenvalue weighted by atomic mass is 10.2. The first-order chi connectivity index (χ1) is 7.65. The van der Waals surface area contributed by atoms with Gasteiger partial charge in [-0.15, -0.1) is 5.10 Å². The molecule has 0 saturated carbocycles. The van der Waals surface area contributed by atoms with Gasteiger partial charge >= 0.3 is 0 Å². The molecule has 1 aromatic carbocycles. The molecule has 0 amide bonds. The maximum absolute atomic E-state index is 5.87. The minimum Gasteiger partial charge on any atom is -0.256 e. The molecule has 0 saturated heterocycles. The summed E-state index contributed by atoms with van der Waals surface area (Å²) in [4.78, 5) is 4.15. The summed E-state index contributed by atoms with van der Waals surface area (Å²) in [6.07, 6.45) is 1.66. The molecule has 2 rings (SSSR count). The van der Waals surface area contributed by atoms with Crippen LogP contribution in [0.25, 0.3) is 0 Å². The van der Waals surface area contributed by atoms with Crippen molar-refractivity contribution in [2.45, 2.75) is 0 Å². The Kier molecular flexibility index (Phi) is 3.70. The van der Waals surface area contributed by atoms with Crippen molar-refractivity contribution < 1.29 is 0 Å². The zero-order chi connectivity index (χ0) is 11.5. The second-order valence-corrected chi connectivity index (χ2v) is 5.29. The van der Waals surface area contributed by atoms with Crippen LogP contribution in [0.4, 0.5) is 5.13 Å². The Balaban J connectivity index is 2.23. The molecule has 0 aliphatic rings. The summed E-state index contributed by atoms with van der Waals surface area (Å²) in [5, 5.41) is 8.15. The van der Waals surface area contributed by atoms with Gasteiger partial charge in [0.2, 0.25) is 5.13 Å². The third-order valence-corrected chi connectivity index (χ3v) is 3.43. The van der Waals surface area contributed by atoms with Gasteiger partial charge in [-0.1, -0.05) is 40.6 Å². The molecule has 82 valence electrons. The number of rotatable bonds is 2. The van der Waals surface area contributed by atoms with Crippen molar-refractivity contribution in [3.8, 4) is 0 Å². The van der Waals surface area contributed by atoms with Crippen molar-refractivity contribution in [3.63, 3.8) is 0 Å². The van der Waals surface area contributed by atoms with Crippen molar-refractivity contribution in [3.05, 3.63) is 37.8 Å². The second kappa shape index (κ2) is 5.05. The lowest BCUT2D eigenvalue weighted by Gasteiger charge is -1.96. The SMILES string of the molecule is S=c1[nH]nc(/N=C/c2ccc(Cl)c(Cl)c2)s1. The van der Waals surface area contributed by atoms with Gasteiger partial charge in [0.15, 0.2) is 3.95 Å². The highest BCUT2D eigenvalue weighted by molar-refractivity contribution is 7.73. The van der Waals surface area contributed by atoms with E-state index in [2.05, 4.69) is 15.2 Å². The first kappa shape index (κ1) is 11.7. The molecule has 0 bridgehead atoms. The summed E-state index contributed by atoms with van der Waals surface area (Å²) in [6.45, 7) is 0. The molecule has 0 aliphatic carbocycles. The third-order valence-electron chi connectivity index (χ3n) is 1.69. The Morgan fingerprint density at radius 1 is 1.38 bits per heavy atom. The number of nitrogens with one attached hydrogen (secondary N) is 1. The molecule has 0 spiro atoms. The molecule has 0 radical (unpaired) electrons. The number of hydrogen-bond acceptors (Lipinski definition) is 4. The molecule has 16 heavy (non-hydrogen) atoms. The number of halogens is 2.